The SMILES string of the molecule is CCC=C(C=CCC(C)C)C=CC(C)C. The van der Waals surface area contributed by atoms with Crippen molar-refractivity contribution in [1.29, 1.82) is 0 Å². The lowest BCUT2D eigenvalue weighted by Gasteiger charge is -1.99. The van der Waals surface area contributed by atoms with Crippen LogP contribution in [0.3, 0.4) is 0 Å². The molecule has 0 atom stereocenters. The monoisotopic (exact) mass is 206 g/mol. The molecule has 0 amide bonds. The Balaban J connectivity index is 4.29. The van der Waals surface area contributed by atoms with Gasteiger partial charge in [-0.25, -0.2) is 0 Å². The molecule has 0 saturated heterocycles. The minimum Gasteiger partial charge on any atom is -0.0837 e. The van der Waals surface area contributed by atoms with Crippen molar-refractivity contribution in [2.45, 2.75) is 47.5 Å². The molecule has 0 bridgehead atoms. The first-order valence-electron chi connectivity index (χ1n) is 6.11. The fraction of sp³-hybridized carbons (Fsp3) is 0.600. The summed E-state index contributed by atoms with van der Waals surface area (Å²) >= 11 is 0. The van der Waals surface area contributed by atoms with Crippen molar-refractivity contribution in [2.24, 2.45) is 11.8 Å². The molecule has 0 saturated carbocycles. The standard InChI is InChI=1S/C15H26/c1-6-8-15(12-11-14(4)5)10-7-9-13(2)3/h7-8,10-14H,6,9H2,1-5H3. The summed E-state index contributed by atoms with van der Waals surface area (Å²) in [6, 6.07) is 0. The van der Waals surface area contributed by atoms with Gasteiger partial charge in [0.25, 0.3) is 0 Å². The summed E-state index contributed by atoms with van der Waals surface area (Å²) in [6.45, 7) is 11.1. The van der Waals surface area contributed by atoms with Crippen LogP contribution >= 0.6 is 0 Å². The second-order valence-electron chi connectivity index (χ2n) is 4.75. The van der Waals surface area contributed by atoms with E-state index in [2.05, 4.69) is 65.0 Å². The van der Waals surface area contributed by atoms with E-state index >= 15 is 0 Å². The third kappa shape index (κ3) is 9.52. The van der Waals surface area contributed by atoms with Gasteiger partial charge in [-0.15, -0.1) is 0 Å². The van der Waals surface area contributed by atoms with E-state index < -0.39 is 0 Å². The van der Waals surface area contributed by atoms with Gasteiger partial charge in [0, 0.05) is 0 Å². The molecule has 0 aromatic rings. The first-order valence-corrected chi connectivity index (χ1v) is 6.11. The lowest BCUT2D eigenvalue weighted by molar-refractivity contribution is 0.663. The van der Waals surface area contributed by atoms with E-state index in [9.17, 15) is 0 Å². The molecule has 0 N–H and O–H groups in total. The second kappa shape index (κ2) is 8.52. The quantitative estimate of drug-likeness (QED) is 0.528. The van der Waals surface area contributed by atoms with Crippen LogP contribution in [0.1, 0.15) is 47.5 Å². The Morgan fingerprint density at radius 2 is 1.73 bits per heavy atom. The molecule has 0 aromatic heterocycles. The molecular formula is C15H26. The minimum absolute atomic E-state index is 0.628. The Kier molecular flexibility index (Phi) is 8.08. The average Bonchev–Trinajstić information content (AvgIpc) is 2.13. The van der Waals surface area contributed by atoms with Gasteiger partial charge in [-0.1, -0.05) is 65.0 Å². The van der Waals surface area contributed by atoms with Crippen molar-refractivity contribution >= 4 is 0 Å². The zero-order chi connectivity index (χ0) is 11.7. The Labute approximate surface area is 95.8 Å². The van der Waals surface area contributed by atoms with Crippen molar-refractivity contribution in [2.75, 3.05) is 0 Å². The van der Waals surface area contributed by atoms with Crippen molar-refractivity contribution in [3.05, 3.63) is 36.0 Å². The first-order chi connectivity index (χ1) is 7.06. The molecule has 0 aliphatic rings. The molecular weight excluding hydrogens is 180 g/mol. The van der Waals surface area contributed by atoms with Crippen molar-refractivity contribution in [3.8, 4) is 0 Å². The van der Waals surface area contributed by atoms with E-state index in [0.29, 0.717) is 5.92 Å². The highest BCUT2D eigenvalue weighted by atomic mass is 14.0. The van der Waals surface area contributed by atoms with Gasteiger partial charge in [-0.2, -0.15) is 0 Å². The summed E-state index contributed by atoms with van der Waals surface area (Å²) in [5.41, 5.74) is 1.34. The molecule has 0 aliphatic heterocycles. The lowest BCUT2D eigenvalue weighted by Crippen LogP contribution is -1.83. The summed E-state index contributed by atoms with van der Waals surface area (Å²) in [5, 5.41) is 0. The fourth-order valence-corrected chi connectivity index (χ4v) is 1.21. The Hall–Kier alpha value is -0.780. The van der Waals surface area contributed by atoms with Crippen molar-refractivity contribution in [3.63, 3.8) is 0 Å². The van der Waals surface area contributed by atoms with Crippen LogP contribution in [0.25, 0.3) is 0 Å². The van der Waals surface area contributed by atoms with Gasteiger partial charge in [-0.3, -0.25) is 0 Å². The van der Waals surface area contributed by atoms with E-state index in [1.54, 1.807) is 0 Å². The second-order valence-corrected chi connectivity index (χ2v) is 4.75. The summed E-state index contributed by atoms with van der Waals surface area (Å²) < 4.78 is 0. The van der Waals surface area contributed by atoms with Crippen LogP contribution in [-0.4, -0.2) is 0 Å². The Morgan fingerprint density at radius 3 is 2.20 bits per heavy atom. The molecule has 15 heavy (non-hydrogen) atoms. The van der Waals surface area contributed by atoms with E-state index in [0.717, 1.165) is 18.8 Å². The molecule has 0 radical (unpaired) electrons. The third-order valence-corrected chi connectivity index (χ3v) is 2.03. The van der Waals surface area contributed by atoms with E-state index in [1.807, 2.05) is 0 Å². The zero-order valence-corrected chi connectivity index (χ0v) is 11.0. The average molecular weight is 206 g/mol. The highest BCUT2D eigenvalue weighted by molar-refractivity contribution is 5.30. The summed E-state index contributed by atoms with van der Waals surface area (Å²) in [7, 11) is 0. The van der Waals surface area contributed by atoms with Crippen LogP contribution in [0.15, 0.2) is 36.0 Å². The summed E-state index contributed by atoms with van der Waals surface area (Å²) in [6.07, 6.45) is 13.5. The van der Waals surface area contributed by atoms with Crippen LogP contribution < -0.4 is 0 Å². The normalized spacial score (nSPS) is 13.9. The molecule has 0 rings (SSSR count). The highest BCUT2D eigenvalue weighted by Gasteiger charge is 1.90. The Morgan fingerprint density at radius 1 is 1.07 bits per heavy atom. The maximum absolute atomic E-state index is 2.27. The number of rotatable bonds is 6. The first kappa shape index (κ1) is 14.2. The largest absolute Gasteiger partial charge is 0.0837 e. The lowest BCUT2D eigenvalue weighted by atomic mass is 10.1. The van der Waals surface area contributed by atoms with Gasteiger partial charge in [-0.05, 0) is 30.3 Å². The summed E-state index contributed by atoms with van der Waals surface area (Å²) in [4.78, 5) is 0. The fourth-order valence-electron chi connectivity index (χ4n) is 1.21. The van der Waals surface area contributed by atoms with Gasteiger partial charge >= 0.3 is 0 Å². The minimum atomic E-state index is 0.628. The molecule has 0 spiro atoms. The van der Waals surface area contributed by atoms with Gasteiger partial charge < -0.3 is 0 Å². The molecule has 0 unspecified atom stereocenters. The van der Waals surface area contributed by atoms with E-state index in [-0.39, 0.29) is 0 Å². The summed E-state index contributed by atoms with van der Waals surface area (Å²) in [5.74, 6) is 1.38. The van der Waals surface area contributed by atoms with Gasteiger partial charge in [0.1, 0.15) is 0 Å². The molecule has 0 heterocycles. The zero-order valence-electron chi connectivity index (χ0n) is 11.0. The highest BCUT2D eigenvalue weighted by Crippen LogP contribution is 2.07. The van der Waals surface area contributed by atoms with Crippen LogP contribution in [-0.2, 0) is 0 Å². The van der Waals surface area contributed by atoms with Gasteiger partial charge in [0.2, 0.25) is 0 Å². The smallest absolute Gasteiger partial charge is 0.0287 e. The molecule has 0 nitrogen and oxygen atoms in total. The number of hydrogen-bond donors (Lipinski definition) is 0. The molecule has 0 fully saturated rings. The number of allylic oxidation sites excluding steroid dienone is 6. The maximum atomic E-state index is 2.27. The van der Waals surface area contributed by atoms with Crippen LogP contribution in [0, 0.1) is 11.8 Å². The third-order valence-electron chi connectivity index (χ3n) is 2.03. The van der Waals surface area contributed by atoms with E-state index in [4.69, 9.17) is 0 Å². The predicted molar refractivity (Wildman–Crippen MR) is 70.9 cm³/mol. The van der Waals surface area contributed by atoms with Gasteiger partial charge in [0.05, 0.1) is 0 Å². The molecule has 86 valence electrons. The number of hydrogen-bond acceptors (Lipinski definition) is 0. The van der Waals surface area contributed by atoms with Gasteiger partial charge in [0.15, 0.2) is 0 Å². The van der Waals surface area contributed by atoms with E-state index in [1.165, 1.54) is 5.57 Å². The maximum Gasteiger partial charge on any atom is -0.0287 e. The molecule has 0 heteroatoms. The van der Waals surface area contributed by atoms with Crippen LogP contribution in [0.2, 0.25) is 0 Å². The van der Waals surface area contributed by atoms with Crippen molar-refractivity contribution < 1.29 is 0 Å². The topological polar surface area (TPSA) is 0 Å². The molecule has 0 aliphatic carbocycles. The van der Waals surface area contributed by atoms with Crippen molar-refractivity contribution in [1.82, 2.24) is 0 Å². The Bertz CT molecular complexity index is 226. The molecule has 0 aromatic carbocycles. The predicted octanol–water partition coefficient (Wildman–Crippen LogP) is 5.14. The van der Waals surface area contributed by atoms with Crippen LogP contribution in [0.4, 0.5) is 0 Å². The van der Waals surface area contributed by atoms with Crippen LogP contribution in [0.5, 0.6) is 0 Å².